The van der Waals surface area contributed by atoms with Crippen LogP contribution in [0.25, 0.3) is 10.2 Å². The van der Waals surface area contributed by atoms with Crippen molar-refractivity contribution in [3.63, 3.8) is 0 Å². The molecule has 2 aliphatic heterocycles. The topological polar surface area (TPSA) is 79.8 Å². The molecule has 172 valence electrons. The molecule has 0 bridgehead atoms. The van der Waals surface area contributed by atoms with Crippen molar-refractivity contribution in [2.45, 2.75) is 18.9 Å². The zero-order valence-electron chi connectivity index (χ0n) is 18.4. The van der Waals surface area contributed by atoms with Gasteiger partial charge in [0.2, 0.25) is 17.7 Å². The van der Waals surface area contributed by atoms with Crippen molar-refractivity contribution in [3.8, 4) is 5.88 Å². The Kier molecular flexibility index (Phi) is 6.41. The standard InChI is InChI=1S/C24H27N5O3S/c1-2-21(30)29-10-7-19(8-11-29)32-23-22-20(9-16-33-22)26-24(27-23)25-17-3-5-18(6-4-17)28-12-14-31-15-13-28/h2-6,9,16,19H,1,7-8,10-15H2,(H,25,26,27). The number of anilines is 3. The average molecular weight is 466 g/mol. The third-order valence-corrected chi connectivity index (χ3v) is 6.87. The molecule has 4 heterocycles. The van der Waals surface area contributed by atoms with Gasteiger partial charge in [0.25, 0.3) is 0 Å². The van der Waals surface area contributed by atoms with E-state index < -0.39 is 0 Å². The number of ether oxygens (including phenoxy) is 2. The number of benzene rings is 1. The number of hydrogen-bond donors (Lipinski definition) is 1. The molecule has 0 saturated carbocycles. The average Bonchev–Trinajstić information content (AvgIpc) is 3.34. The maximum Gasteiger partial charge on any atom is 0.245 e. The maximum absolute atomic E-state index is 11.8. The van der Waals surface area contributed by atoms with Crippen LogP contribution in [0.2, 0.25) is 0 Å². The molecule has 0 unspecified atom stereocenters. The maximum atomic E-state index is 11.8. The fourth-order valence-corrected chi connectivity index (χ4v) is 4.92. The number of nitrogens with one attached hydrogen (secondary N) is 1. The largest absolute Gasteiger partial charge is 0.473 e. The Balaban J connectivity index is 1.29. The number of piperidine rings is 1. The van der Waals surface area contributed by atoms with E-state index in [2.05, 4.69) is 38.9 Å². The summed E-state index contributed by atoms with van der Waals surface area (Å²) < 4.78 is 12.7. The molecule has 0 radical (unpaired) electrons. The molecule has 3 aromatic rings. The van der Waals surface area contributed by atoms with E-state index in [1.807, 2.05) is 23.6 Å². The van der Waals surface area contributed by atoms with Crippen molar-refractivity contribution in [3.05, 3.63) is 48.4 Å². The Bertz CT molecular complexity index is 1120. The number of aromatic nitrogens is 2. The van der Waals surface area contributed by atoms with Gasteiger partial charge in [-0.05, 0) is 41.8 Å². The molecule has 2 fully saturated rings. The van der Waals surface area contributed by atoms with Crippen molar-refractivity contribution in [1.29, 1.82) is 0 Å². The molecule has 0 atom stereocenters. The second-order valence-corrected chi connectivity index (χ2v) is 9.02. The number of thiophene rings is 1. The zero-order chi connectivity index (χ0) is 22.6. The Morgan fingerprint density at radius 1 is 1.12 bits per heavy atom. The van der Waals surface area contributed by atoms with Crippen LogP contribution >= 0.6 is 11.3 Å². The summed E-state index contributed by atoms with van der Waals surface area (Å²) in [7, 11) is 0. The zero-order valence-corrected chi connectivity index (χ0v) is 19.2. The lowest BCUT2D eigenvalue weighted by atomic mass is 10.1. The Morgan fingerprint density at radius 3 is 2.61 bits per heavy atom. The number of fused-ring (bicyclic) bond motifs is 1. The molecule has 1 aromatic carbocycles. The fraction of sp³-hybridized carbons (Fsp3) is 0.375. The van der Waals surface area contributed by atoms with Crippen molar-refractivity contribution in [2.24, 2.45) is 0 Å². The third-order valence-electron chi connectivity index (χ3n) is 5.98. The molecule has 0 spiro atoms. The highest BCUT2D eigenvalue weighted by Gasteiger charge is 2.24. The highest BCUT2D eigenvalue weighted by atomic mass is 32.1. The van der Waals surface area contributed by atoms with E-state index in [9.17, 15) is 4.79 Å². The summed E-state index contributed by atoms with van der Waals surface area (Å²) in [6, 6.07) is 10.3. The monoisotopic (exact) mass is 465 g/mol. The number of likely N-dealkylation sites (tertiary alicyclic amines) is 1. The van der Waals surface area contributed by atoms with Crippen LogP contribution in [0, 0.1) is 0 Å². The van der Waals surface area contributed by atoms with Crippen LogP contribution < -0.4 is 15.0 Å². The number of carbonyl (C=O) groups is 1. The summed E-state index contributed by atoms with van der Waals surface area (Å²) in [5.41, 5.74) is 2.96. The summed E-state index contributed by atoms with van der Waals surface area (Å²) in [5.74, 6) is 1.08. The van der Waals surface area contributed by atoms with Crippen molar-refractivity contribution >= 4 is 44.8 Å². The first-order valence-electron chi connectivity index (χ1n) is 11.2. The summed E-state index contributed by atoms with van der Waals surface area (Å²) >= 11 is 1.57. The van der Waals surface area contributed by atoms with Gasteiger partial charge in [0.05, 0.1) is 18.7 Å². The van der Waals surface area contributed by atoms with E-state index in [1.165, 1.54) is 11.8 Å². The van der Waals surface area contributed by atoms with Crippen molar-refractivity contribution < 1.29 is 14.3 Å². The van der Waals surface area contributed by atoms with Crippen molar-refractivity contribution in [1.82, 2.24) is 14.9 Å². The Labute approximate surface area is 196 Å². The van der Waals surface area contributed by atoms with E-state index in [0.717, 1.165) is 55.0 Å². The lowest BCUT2D eigenvalue weighted by molar-refractivity contribution is -0.127. The Morgan fingerprint density at radius 2 is 1.88 bits per heavy atom. The molecule has 33 heavy (non-hydrogen) atoms. The third kappa shape index (κ3) is 4.94. The molecule has 2 saturated heterocycles. The predicted octanol–water partition coefficient (Wildman–Crippen LogP) is 3.83. The summed E-state index contributed by atoms with van der Waals surface area (Å²) in [6.07, 6.45) is 2.91. The van der Waals surface area contributed by atoms with Crippen LogP contribution in [0.5, 0.6) is 5.88 Å². The van der Waals surface area contributed by atoms with Gasteiger partial charge >= 0.3 is 0 Å². The van der Waals surface area contributed by atoms with Gasteiger partial charge in [0.1, 0.15) is 10.8 Å². The van der Waals surface area contributed by atoms with Gasteiger partial charge < -0.3 is 24.6 Å². The molecule has 2 aliphatic rings. The van der Waals surface area contributed by atoms with Gasteiger partial charge in [-0.1, -0.05) is 6.58 Å². The predicted molar refractivity (Wildman–Crippen MR) is 131 cm³/mol. The van der Waals surface area contributed by atoms with Gasteiger partial charge in [0, 0.05) is 50.4 Å². The summed E-state index contributed by atoms with van der Waals surface area (Å²) in [5, 5.41) is 5.32. The Hall–Kier alpha value is -3.17. The molecule has 5 rings (SSSR count). The van der Waals surface area contributed by atoms with Crippen LogP contribution in [0.4, 0.5) is 17.3 Å². The minimum absolute atomic E-state index is 0.0136. The SMILES string of the molecule is C=CC(=O)N1CCC(Oc2nc(Nc3ccc(N4CCOCC4)cc3)nc3ccsc23)CC1. The molecule has 0 aliphatic carbocycles. The van der Waals surface area contributed by atoms with Crippen LogP contribution in [-0.2, 0) is 9.53 Å². The number of carbonyl (C=O) groups excluding carboxylic acids is 1. The normalized spacial score (nSPS) is 17.2. The molecule has 9 heteroatoms. The molecular formula is C24H27N5O3S. The van der Waals surface area contributed by atoms with Crippen LogP contribution in [0.15, 0.2) is 48.4 Å². The number of amides is 1. The number of rotatable bonds is 6. The first kappa shape index (κ1) is 21.7. The quantitative estimate of drug-likeness (QED) is 0.554. The minimum Gasteiger partial charge on any atom is -0.473 e. The highest BCUT2D eigenvalue weighted by molar-refractivity contribution is 7.17. The fourth-order valence-electron chi connectivity index (χ4n) is 4.16. The van der Waals surface area contributed by atoms with E-state index >= 15 is 0 Å². The van der Waals surface area contributed by atoms with Gasteiger partial charge in [-0.2, -0.15) is 4.98 Å². The first-order valence-corrected chi connectivity index (χ1v) is 12.1. The van der Waals surface area contributed by atoms with E-state index in [0.29, 0.717) is 24.9 Å². The molecule has 1 amide bonds. The molecule has 8 nitrogen and oxygen atoms in total. The lowest BCUT2D eigenvalue weighted by Crippen LogP contribution is -2.41. The molecular weight excluding hydrogens is 438 g/mol. The van der Waals surface area contributed by atoms with Gasteiger partial charge in [-0.15, -0.1) is 11.3 Å². The van der Waals surface area contributed by atoms with Gasteiger partial charge in [-0.3, -0.25) is 4.79 Å². The number of morpholine rings is 1. The summed E-state index contributed by atoms with van der Waals surface area (Å²) in [6.45, 7) is 8.24. The molecule has 2 aromatic heterocycles. The highest BCUT2D eigenvalue weighted by Crippen LogP contribution is 2.32. The lowest BCUT2D eigenvalue weighted by Gasteiger charge is -2.31. The van der Waals surface area contributed by atoms with E-state index in [4.69, 9.17) is 9.47 Å². The van der Waals surface area contributed by atoms with Crippen LogP contribution in [0.1, 0.15) is 12.8 Å². The summed E-state index contributed by atoms with van der Waals surface area (Å²) in [4.78, 5) is 25.3. The van der Waals surface area contributed by atoms with Crippen LogP contribution in [-0.4, -0.2) is 66.3 Å². The van der Waals surface area contributed by atoms with Gasteiger partial charge in [0.15, 0.2) is 0 Å². The van der Waals surface area contributed by atoms with E-state index in [-0.39, 0.29) is 12.0 Å². The smallest absolute Gasteiger partial charge is 0.245 e. The van der Waals surface area contributed by atoms with Crippen LogP contribution in [0.3, 0.4) is 0 Å². The second kappa shape index (κ2) is 9.76. The van der Waals surface area contributed by atoms with E-state index in [1.54, 1.807) is 16.2 Å². The van der Waals surface area contributed by atoms with Gasteiger partial charge in [-0.25, -0.2) is 4.98 Å². The number of nitrogens with zero attached hydrogens (tertiary/aromatic N) is 4. The number of hydrogen-bond acceptors (Lipinski definition) is 8. The first-order chi connectivity index (χ1) is 16.2. The minimum atomic E-state index is -0.0257. The molecule has 1 N–H and O–H groups in total. The van der Waals surface area contributed by atoms with Crippen molar-refractivity contribution in [2.75, 3.05) is 49.6 Å². The second-order valence-electron chi connectivity index (χ2n) is 8.11.